The van der Waals surface area contributed by atoms with E-state index in [-0.39, 0.29) is 10.9 Å². The number of nitrogens with one attached hydrogen (secondary N) is 1. The number of nitrogens with zero attached hydrogens (tertiary/aromatic N) is 1. The SMILES string of the molecule is NC(=S)C1(C(=O)Nc2cccc3cc(Br)cnc23)CCC1. The Balaban J connectivity index is 1.95. The van der Waals surface area contributed by atoms with Crippen molar-refractivity contribution < 1.29 is 4.79 Å². The smallest absolute Gasteiger partial charge is 0.237 e. The average molecular weight is 364 g/mol. The van der Waals surface area contributed by atoms with Crippen LogP contribution >= 0.6 is 28.1 Å². The van der Waals surface area contributed by atoms with Crippen molar-refractivity contribution in [1.82, 2.24) is 4.98 Å². The van der Waals surface area contributed by atoms with Gasteiger partial charge in [-0.1, -0.05) is 30.8 Å². The van der Waals surface area contributed by atoms with Crippen LogP contribution in [0, 0.1) is 5.41 Å². The Kier molecular flexibility index (Phi) is 3.67. The molecule has 1 aliphatic carbocycles. The fraction of sp³-hybridized carbons (Fsp3) is 0.267. The fourth-order valence-electron chi connectivity index (χ4n) is 2.59. The fourth-order valence-corrected chi connectivity index (χ4v) is 3.24. The van der Waals surface area contributed by atoms with Crippen molar-refractivity contribution in [2.75, 3.05) is 5.32 Å². The molecule has 6 heteroatoms. The van der Waals surface area contributed by atoms with E-state index in [1.165, 1.54) is 0 Å². The number of aromatic nitrogens is 1. The zero-order valence-electron chi connectivity index (χ0n) is 11.2. The Labute approximate surface area is 136 Å². The summed E-state index contributed by atoms with van der Waals surface area (Å²) in [6.07, 6.45) is 4.13. The van der Waals surface area contributed by atoms with Gasteiger partial charge >= 0.3 is 0 Å². The van der Waals surface area contributed by atoms with Gasteiger partial charge in [0.1, 0.15) is 0 Å². The molecule has 4 nitrogen and oxygen atoms in total. The number of hydrogen-bond donors (Lipinski definition) is 2. The number of nitrogens with two attached hydrogens (primary N) is 1. The van der Waals surface area contributed by atoms with E-state index in [0.29, 0.717) is 5.69 Å². The van der Waals surface area contributed by atoms with Crippen molar-refractivity contribution >= 4 is 55.6 Å². The third kappa shape index (κ3) is 2.42. The van der Waals surface area contributed by atoms with Gasteiger partial charge in [-0.15, -0.1) is 0 Å². The number of pyridine rings is 1. The van der Waals surface area contributed by atoms with Crippen LogP contribution in [0.15, 0.2) is 34.9 Å². The Bertz CT molecular complexity index is 743. The molecule has 0 bridgehead atoms. The molecule has 1 heterocycles. The molecule has 3 N–H and O–H groups in total. The van der Waals surface area contributed by atoms with Gasteiger partial charge in [-0.05, 0) is 40.9 Å². The molecule has 1 aliphatic rings. The van der Waals surface area contributed by atoms with Gasteiger partial charge in [-0.25, -0.2) is 0 Å². The number of rotatable bonds is 3. The summed E-state index contributed by atoms with van der Waals surface area (Å²) >= 11 is 8.48. The minimum atomic E-state index is -0.688. The molecule has 0 unspecified atom stereocenters. The minimum absolute atomic E-state index is 0.126. The maximum Gasteiger partial charge on any atom is 0.237 e. The third-order valence-corrected chi connectivity index (χ3v) is 4.86. The van der Waals surface area contributed by atoms with Gasteiger partial charge in [0.05, 0.1) is 21.6 Å². The summed E-state index contributed by atoms with van der Waals surface area (Å²) in [6.45, 7) is 0. The van der Waals surface area contributed by atoms with Crippen LogP contribution in [-0.4, -0.2) is 15.9 Å². The average Bonchev–Trinajstić information content (AvgIpc) is 2.36. The van der Waals surface area contributed by atoms with Gasteiger partial charge in [0, 0.05) is 16.1 Å². The van der Waals surface area contributed by atoms with Crippen LogP contribution in [0.3, 0.4) is 0 Å². The highest BCUT2D eigenvalue weighted by atomic mass is 79.9. The highest BCUT2D eigenvalue weighted by molar-refractivity contribution is 9.10. The van der Waals surface area contributed by atoms with Crippen LogP contribution in [-0.2, 0) is 4.79 Å². The first-order chi connectivity index (χ1) is 10.0. The molecular formula is C15H14BrN3OS. The lowest BCUT2D eigenvalue weighted by Crippen LogP contribution is -2.50. The lowest BCUT2D eigenvalue weighted by Gasteiger charge is -2.39. The summed E-state index contributed by atoms with van der Waals surface area (Å²) < 4.78 is 0.900. The van der Waals surface area contributed by atoms with Crippen LogP contribution < -0.4 is 11.1 Å². The summed E-state index contributed by atoms with van der Waals surface area (Å²) in [5, 5.41) is 3.90. The number of thiocarbonyl (C=S) groups is 1. The molecule has 0 saturated heterocycles. The molecule has 0 spiro atoms. The maximum absolute atomic E-state index is 12.6. The molecular weight excluding hydrogens is 350 g/mol. The number of carbonyl (C=O) groups excluding carboxylic acids is 1. The van der Waals surface area contributed by atoms with Crippen LogP contribution in [0.1, 0.15) is 19.3 Å². The predicted molar refractivity (Wildman–Crippen MR) is 91.1 cm³/mol. The van der Waals surface area contributed by atoms with E-state index in [1.807, 2.05) is 24.3 Å². The first-order valence-corrected chi connectivity index (χ1v) is 7.89. The number of benzene rings is 1. The van der Waals surface area contributed by atoms with Crippen LogP contribution in [0.2, 0.25) is 0 Å². The molecule has 21 heavy (non-hydrogen) atoms. The molecule has 1 aromatic carbocycles. The van der Waals surface area contributed by atoms with E-state index in [4.69, 9.17) is 18.0 Å². The highest BCUT2D eigenvalue weighted by Crippen LogP contribution is 2.42. The van der Waals surface area contributed by atoms with Gasteiger partial charge in [-0.3, -0.25) is 9.78 Å². The van der Waals surface area contributed by atoms with Gasteiger partial charge in [-0.2, -0.15) is 0 Å². The monoisotopic (exact) mass is 363 g/mol. The van der Waals surface area contributed by atoms with Crippen molar-refractivity contribution in [1.29, 1.82) is 0 Å². The number of amides is 1. The van der Waals surface area contributed by atoms with Gasteiger partial charge in [0.15, 0.2) is 0 Å². The van der Waals surface area contributed by atoms with E-state index in [1.54, 1.807) is 6.20 Å². The van der Waals surface area contributed by atoms with E-state index >= 15 is 0 Å². The van der Waals surface area contributed by atoms with Crippen LogP contribution in [0.25, 0.3) is 10.9 Å². The second-order valence-electron chi connectivity index (χ2n) is 5.28. The van der Waals surface area contributed by atoms with Crippen molar-refractivity contribution in [3.05, 3.63) is 34.9 Å². The number of hydrogen-bond acceptors (Lipinski definition) is 3. The second-order valence-corrected chi connectivity index (χ2v) is 6.64. The number of carbonyl (C=O) groups is 1. The van der Waals surface area contributed by atoms with Crippen molar-refractivity contribution in [2.24, 2.45) is 11.1 Å². The van der Waals surface area contributed by atoms with Crippen molar-refractivity contribution in [3.63, 3.8) is 0 Å². The van der Waals surface area contributed by atoms with Crippen LogP contribution in [0.4, 0.5) is 5.69 Å². The zero-order valence-corrected chi connectivity index (χ0v) is 13.6. The summed E-state index contributed by atoms with van der Waals surface area (Å²) in [5.41, 5.74) is 6.52. The quantitative estimate of drug-likeness (QED) is 0.820. The topological polar surface area (TPSA) is 68.0 Å². The zero-order chi connectivity index (χ0) is 15.0. The predicted octanol–water partition coefficient (Wildman–Crippen LogP) is 3.39. The number of para-hydroxylation sites is 1. The summed E-state index contributed by atoms with van der Waals surface area (Å²) in [4.78, 5) is 17.2. The standard InChI is InChI=1S/C15H14BrN3OS/c16-10-7-9-3-1-4-11(12(9)18-8-10)19-14(20)15(13(17)21)5-2-6-15/h1,3-4,7-8H,2,5-6H2,(H2,17,21)(H,19,20). The number of fused-ring (bicyclic) bond motifs is 1. The molecule has 0 radical (unpaired) electrons. The van der Waals surface area contributed by atoms with Crippen molar-refractivity contribution in [3.8, 4) is 0 Å². The minimum Gasteiger partial charge on any atom is -0.392 e. The van der Waals surface area contributed by atoms with E-state index in [0.717, 1.165) is 34.6 Å². The molecule has 3 rings (SSSR count). The van der Waals surface area contributed by atoms with Gasteiger partial charge in [0.2, 0.25) is 5.91 Å². The molecule has 0 atom stereocenters. The summed E-state index contributed by atoms with van der Waals surface area (Å²) in [7, 11) is 0. The Morgan fingerprint density at radius 3 is 2.81 bits per heavy atom. The second kappa shape index (κ2) is 5.35. The highest BCUT2D eigenvalue weighted by Gasteiger charge is 2.47. The Hall–Kier alpha value is -1.53. The normalized spacial score (nSPS) is 16.2. The summed E-state index contributed by atoms with van der Waals surface area (Å²) in [6, 6.07) is 7.65. The first-order valence-electron chi connectivity index (χ1n) is 6.68. The van der Waals surface area contributed by atoms with E-state index < -0.39 is 5.41 Å². The third-order valence-electron chi connectivity index (χ3n) is 4.04. The first kappa shape index (κ1) is 14.4. The van der Waals surface area contributed by atoms with E-state index in [2.05, 4.69) is 26.2 Å². The lowest BCUT2D eigenvalue weighted by atomic mass is 9.68. The molecule has 1 amide bonds. The molecule has 108 valence electrons. The molecule has 2 aromatic rings. The number of halogens is 1. The number of anilines is 1. The largest absolute Gasteiger partial charge is 0.392 e. The molecule has 1 saturated carbocycles. The summed E-state index contributed by atoms with van der Waals surface area (Å²) in [5.74, 6) is -0.126. The van der Waals surface area contributed by atoms with E-state index in [9.17, 15) is 4.79 Å². The maximum atomic E-state index is 12.6. The molecule has 0 aliphatic heterocycles. The Morgan fingerprint density at radius 1 is 1.43 bits per heavy atom. The van der Waals surface area contributed by atoms with Gasteiger partial charge < -0.3 is 11.1 Å². The lowest BCUT2D eigenvalue weighted by molar-refractivity contribution is -0.125. The molecule has 1 fully saturated rings. The Morgan fingerprint density at radius 2 is 2.19 bits per heavy atom. The van der Waals surface area contributed by atoms with Crippen LogP contribution in [0.5, 0.6) is 0 Å². The van der Waals surface area contributed by atoms with Gasteiger partial charge in [0.25, 0.3) is 0 Å². The van der Waals surface area contributed by atoms with Crippen molar-refractivity contribution in [2.45, 2.75) is 19.3 Å². The molecule has 1 aromatic heterocycles.